The van der Waals surface area contributed by atoms with Crippen LogP contribution in [-0.4, -0.2) is 58.0 Å². The second-order valence-corrected chi connectivity index (χ2v) is 11.7. The summed E-state index contributed by atoms with van der Waals surface area (Å²) in [6.07, 6.45) is 8.31. The predicted octanol–water partition coefficient (Wildman–Crippen LogP) is 5.49. The maximum atomic E-state index is 15.3. The largest absolute Gasteiger partial charge is 0.377 e. The van der Waals surface area contributed by atoms with Gasteiger partial charge in [0.25, 0.3) is 0 Å². The molecular weight excluding hydrogens is 587 g/mol. The number of hydrogen-bond donors (Lipinski definition) is 3. The Labute approximate surface area is 260 Å². The lowest BCUT2D eigenvalue weighted by Gasteiger charge is -2.36. The van der Waals surface area contributed by atoms with Crippen molar-refractivity contribution in [1.29, 1.82) is 0 Å². The number of rotatable bonds is 11. The minimum absolute atomic E-state index is 0.0534. The maximum Gasteiger partial charge on any atom is 0.323 e. The zero-order valence-electron chi connectivity index (χ0n) is 24.7. The molecule has 1 aliphatic heterocycles. The van der Waals surface area contributed by atoms with Gasteiger partial charge in [0, 0.05) is 45.1 Å². The molecule has 3 aromatic rings. The number of nitrogens with one attached hydrogen (secondary N) is 3. The number of anilines is 2. The molecule has 2 aliphatic rings. The van der Waals surface area contributed by atoms with Crippen molar-refractivity contribution in [3.8, 4) is 0 Å². The molecule has 1 aliphatic carbocycles. The second-order valence-electron chi connectivity index (χ2n) is 11.3. The highest BCUT2D eigenvalue weighted by Gasteiger charge is 2.41. The van der Waals surface area contributed by atoms with Gasteiger partial charge in [0.15, 0.2) is 0 Å². The normalized spacial score (nSPS) is 19.2. The lowest BCUT2D eigenvalue weighted by atomic mass is 9.78. The Morgan fingerprint density at radius 1 is 1.09 bits per heavy atom. The average Bonchev–Trinajstić information content (AvgIpc) is 3.75. The molecule has 1 saturated heterocycles. The van der Waals surface area contributed by atoms with Crippen LogP contribution in [0.3, 0.4) is 0 Å². The molecule has 0 bridgehead atoms. The van der Waals surface area contributed by atoms with Crippen LogP contribution >= 0.6 is 11.6 Å². The molecule has 44 heavy (non-hydrogen) atoms. The third kappa shape index (κ3) is 7.34. The number of nitrogens with zero attached hydrogens (tertiary/aromatic N) is 3. The molecule has 10 nitrogen and oxygen atoms in total. The summed E-state index contributed by atoms with van der Waals surface area (Å²) < 4.78 is 21.1. The Morgan fingerprint density at radius 2 is 1.86 bits per heavy atom. The van der Waals surface area contributed by atoms with E-state index in [4.69, 9.17) is 16.3 Å². The number of likely N-dealkylation sites (tertiary alicyclic amines) is 1. The zero-order chi connectivity index (χ0) is 31.3. The van der Waals surface area contributed by atoms with Crippen molar-refractivity contribution < 1.29 is 23.5 Å². The van der Waals surface area contributed by atoms with E-state index >= 15 is 4.39 Å². The van der Waals surface area contributed by atoms with Crippen LogP contribution in [0.1, 0.15) is 57.1 Å². The van der Waals surface area contributed by atoms with Gasteiger partial charge in [0.05, 0.1) is 22.4 Å². The molecule has 4 amide bonds. The Morgan fingerprint density at radius 3 is 2.52 bits per heavy atom. The number of urea groups is 1. The minimum Gasteiger partial charge on any atom is -0.377 e. The summed E-state index contributed by atoms with van der Waals surface area (Å²) in [5.41, 5.74) is 0.414. The van der Waals surface area contributed by atoms with Crippen molar-refractivity contribution in [2.24, 2.45) is 5.92 Å². The van der Waals surface area contributed by atoms with Gasteiger partial charge in [-0.2, -0.15) is 0 Å². The monoisotopic (exact) mass is 622 g/mol. The summed E-state index contributed by atoms with van der Waals surface area (Å²) in [5.74, 6) is -0.595. The molecule has 0 radical (unpaired) electrons. The molecular formula is C32H36ClFN6O4. The van der Waals surface area contributed by atoms with Crippen molar-refractivity contribution >= 4 is 41.0 Å². The van der Waals surface area contributed by atoms with E-state index in [1.54, 1.807) is 36.7 Å². The van der Waals surface area contributed by atoms with Gasteiger partial charge in [-0.15, -0.1) is 0 Å². The molecule has 232 valence electrons. The minimum atomic E-state index is -0.963. The van der Waals surface area contributed by atoms with Gasteiger partial charge in [-0.1, -0.05) is 30.5 Å². The summed E-state index contributed by atoms with van der Waals surface area (Å²) in [6.45, 7) is 3.87. The molecule has 0 spiro atoms. The third-order valence-electron chi connectivity index (χ3n) is 8.10. The molecule has 1 aromatic carbocycles. The number of carbonyl (C=O) groups is 3. The second kappa shape index (κ2) is 13.7. The van der Waals surface area contributed by atoms with E-state index in [2.05, 4.69) is 25.9 Å². The number of halogens is 2. The number of amides is 4. The summed E-state index contributed by atoms with van der Waals surface area (Å²) in [5, 5.41) is 8.96. The van der Waals surface area contributed by atoms with Crippen LogP contribution in [0.2, 0.25) is 5.02 Å². The first-order valence-electron chi connectivity index (χ1n) is 14.8. The van der Waals surface area contributed by atoms with Gasteiger partial charge in [0.1, 0.15) is 17.7 Å². The predicted molar refractivity (Wildman–Crippen MR) is 165 cm³/mol. The highest BCUT2D eigenvalue weighted by atomic mass is 35.5. The van der Waals surface area contributed by atoms with E-state index in [9.17, 15) is 14.4 Å². The molecule has 5 rings (SSSR count). The fourth-order valence-electron chi connectivity index (χ4n) is 5.79. The topological polar surface area (TPSA) is 126 Å². The number of aromatic nitrogens is 2. The van der Waals surface area contributed by atoms with Crippen LogP contribution in [0.5, 0.6) is 0 Å². The Kier molecular flexibility index (Phi) is 9.75. The molecule has 3 heterocycles. The van der Waals surface area contributed by atoms with Crippen molar-refractivity contribution in [2.75, 3.05) is 23.8 Å². The van der Waals surface area contributed by atoms with E-state index in [1.807, 2.05) is 19.1 Å². The first-order chi connectivity index (χ1) is 21.2. The van der Waals surface area contributed by atoms with Gasteiger partial charge >= 0.3 is 6.03 Å². The lowest BCUT2D eigenvalue weighted by molar-refractivity contribution is -0.121. The van der Waals surface area contributed by atoms with E-state index < -0.39 is 29.3 Å². The van der Waals surface area contributed by atoms with Crippen molar-refractivity contribution in [2.45, 2.75) is 63.6 Å². The van der Waals surface area contributed by atoms with Crippen molar-refractivity contribution in [1.82, 2.24) is 20.2 Å². The number of benzene rings is 1. The van der Waals surface area contributed by atoms with E-state index in [0.717, 1.165) is 24.8 Å². The molecule has 12 heteroatoms. The zero-order valence-corrected chi connectivity index (χ0v) is 25.4. The van der Waals surface area contributed by atoms with Gasteiger partial charge in [-0.05, 0) is 73.2 Å². The first-order valence-corrected chi connectivity index (χ1v) is 15.2. The average molecular weight is 623 g/mol. The van der Waals surface area contributed by atoms with Crippen LogP contribution < -0.4 is 16.0 Å². The van der Waals surface area contributed by atoms with Gasteiger partial charge in [-0.3, -0.25) is 19.9 Å². The quantitative estimate of drug-likeness (QED) is 0.260. The SMILES string of the molecule is CCOC1CC(C(=O)Nc2cc(C(CCC3CC3)(NC(C)=O)c3ccncc3)ccc2F)N(C(=O)Nc2ccc(Cl)cn2)C1. The van der Waals surface area contributed by atoms with Gasteiger partial charge in [0.2, 0.25) is 11.8 Å². The fourth-order valence-corrected chi connectivity index (χ4v) is 5.90. The van der Waals surface area contributed by atoms with E-state index in [0.29, 0.717) is 29.5 Å². The number of pyridine rings is 2. The summed E-state index contributed by atoms with van der Waals surface area (Å²) in [4.78, 5) is 49.1. The first kappa shape index (κ1) is 31.3. The Balaban J connectivity index is 1.43. The number of ether oxygens (including phenoxy) is 1. The molecule has 2 aromatic heterocycles. The molecule has 1 saturated carbocycles. The van der Waals surface area contributed by atoms with Crippen LogP contribution in [0.4, 0.5) is 20.7 Å². The van der Waals surface area contributed by atoms with Crippen LogP contribution in [0.15, 0.2) is 61.1 Å². The van der Waals surface area contributed by atoms with Crippen LogP contribution in [-0.2, 0) is 19.9 Å². The van der Waals surface area contributed by atoms with Crippen LogP contribution in [0.25, 0.3) is 0 Å². The lowest BCUT2D eigenvalue weighted by Crippen LogP contribution is -2.46. The highest BCUT2D eigenvalue weighted by Crippen LogP contribution is 2.42. The highest BCUT2D eigenvalue weighted by molar-refractivity contribution is 6.30. The van der Waals surface area contributed by atoms with Gasteiger partial charge in [-0.25, -0.2) is 14.2 Å². The van der Waals surface area contributed by atoms with Crippen molar-refractivity contribution in [3.05, 3.63) is 83.0 Å². The van der Waals surface area contributed by atoms with Crippen molar-refractivity contribution in [3.63, 3.8) is 0 Å². The molecule has 2 fully saturated rings. The summed E-state index contributed by atoms with van der Waals surface area (Å²) in [6, 6.07) is 9.83. The van der Waals surface area contributed by atoms with E-state index in [1.165, 1.54) is 24.1 Å². The van der Waals surface area contributed by atoms with Crippen LogP contribution in [0, 0.1) is 11.7 Å². The molecule has 3 unspecified atom stereocenters. The Bertz CT molecular complexity index is 1490. The maximum absolute atomic E-state index is 15.3. The standard InChI is InChI=1S/C32H36ClFN6O4/c1-3-44-25-17-28(40(19-25)31(43)38-29-9-7-24(33)18-36-29)30(42)37-27-16-23(6-8-26(27)34)32(39-20(2)41,13-10-21-4-5-21)22-11-14-35-15-12-22/h6-9,11-12,14-16,18,21,25,28H,3-5,10,13,17,19H2,1-2H3,(H,37,42)(H,39,41)(H,36,38,43). The Hall–Kier alpha value is -4.09. The van der Waals surface area contributed by atoms with Gasteiger partial charge < -0.3 is 20.3 Å². The fraction of sp³-hybridized carbons (Fsp3) is 0.406. The third-order valence-corrected chi connectivity index (χ3v) is 8.32. The molecule has 3 atom stereocenters. The summed E-state index contributed by atoms with van der Waals surface area (Å²) >= 11 is 5.91. The number of carbonyl (C=O) groups excluding carboxylic acids is 3. The summed E-state index contributed by atoms with van der Waals surface area (Å²) in [7, 11) is 0. The smallest absolute Gasteiger partial charge is 0.323 e. The van der Waals surface area contributed by atoms with E-state index in [-0.39, 0.29) is 36.5 Å². The number of hydrogen-bond acceptors (Lipinski definition) is 6. The molecule has 3 N–H and O–H groups in total.